The number of sulfone groups is 1. The lowest BCUT2D eigenvalue weighted by molar-refractivity contribution is -0.139. The minimum atomic E-state index is -3.24. The van der Waals surface area contributed by atoms with Crippen molar-refractivity contribution in [3.63, 3.8) is 0 Å². The summed E-state index contributed by atoms with van der Waals surface area (Å²) in [5.41, 5.74) is 2.59. The Balaban J connectivity index is 1.08. The molecule has 0 N–H and O–H groups in total. The second kappa shape index (κ2) is 11.6. The highest BCUT2D eigenvalue weighted by atomic mass is 32.2. The zero-order chi connectivity index (χ0) is 29.3. The summed E-state index contributed by atoms with van der Waals surface area (Å²) in [6.45, 7) is 5.31. The quantitative estimate of drug-likeness (QED) is 0.418. The molecule has 4 heterocycles. The SMILES string of the molecule is CS(=O)(=O)c1ccc(CN2CCC3(CCN(CC4CN(C(=O)c5ccncc5)CC4c4ccccc4)CC3)C2=O)cc1. The third-order valence-corrected chi connectivity index (χ3v) is 10.6. The van der Waals surface area contributed by atoms with Gasteiger partial charge in [0.2, 0.25) is 5.91 Å². The van der Waals surface area contributed by atoms with Crippen molar-refractivity contribution in [3.05, 3.63) is 95.8 Å². The number of hydrogen-bond acceptors (Lipinski definition) is 6. The van der Waals surface area contributed by atoms with Crippen LogP contribution in [0.3, 0.4) is 0 Å². The summed E-state index contributed by atoms with van der Waals surface area (Å²) in [5.74, 6) is 0.871. The number of hydrogen-bond donors (Lipinski definition) is 0. The van der Waals surface area contributed by atoms with Crippen molar-refractivity contribution in [2.45, 2.75) is 36.6 Å². The van der Waals surface area contributed by atoms with Gasteiger partial charge in [-0.25, -0.2) is 8.42 Å². The molecule has 42 heavy (non-hydrogen) atoms. The smallest absolute Gasteiger partial charge is 0.253 e. The molecule has 0 aliphatic carbocycles. The lowest BCUT2D eigenvalue weighted by atomic mass is 9.76. The Morgan fingerprint density at radius 3 is 2.24 bits per heavy atom. The maximum absolute atomic E-state index is 13.6. The summed E-state index contributed by atoms with van der Waals surface area (Å²) in [5, 5.41) is 0. The Labute approximate surface area is 248 Å². The zero-order valence-electron chi connectivity index (χ0n) is 24.1. The molecule has 1 spiro atoms. The Morgan fingerprint density at radius 2 is 1.57 bits per heavy atom. The summed E-state index contributed by atoms with van der Waals surface area (Å²) < 4.78 is 23.6. The summed E-state index contributed by atoms with van der Waals surface area (Å²) in [4.78, 5) is 37.7. The lowest BCUT2D eigenvalue weighted by Crippen LogP contribution is -2.46. The first-order valence-electron chi connectivity index (χ1n) is 14.8. The highest BCUT2D eigenvalue weighted by Crippen LogP contribution is 2.43. The van der Waals surface area contributed by atoms with E-state index in [1.165, 1.54) is 11.8 Å². The maximum Gasteiger partial charge on any atom is 0.253 e. The van der Waals surface area contributed by atoms with Gasteiger partial charge in [0.05, 0.1) is 10.3 Å². The van der Waals surface area contributed by atoms with Crippen LogP contribution < -0.4 is 0 Å². The molecule has 3 aliphatic rings. The minimum absolute atomic E-state index is 0.0565. The number of aromatic nitrogens is 1. The molecule has 3 aliphatic heterocycles. The minimum Gasteiger partial charge on any atom is -0.338 e. The van der Waals surface area contributed by atoms with Crippen LogP contribution in [0.1, 0.15) is 46.7 Å². The molecule has 2 atom stereocenters. The normalized spacial score (nSPS) is 22.6. The highest BCUT2D eigenvalue weighted by Gasteiger charge is 2.48. The number of piperidine rings is 1. The molecule has 2 amide bonds. The van der Waals surface area contributed by atoms with Gasteiger partial charge in [-0.05, 0) is 73.7 Å². The van der Waals surface area contributed by atoms with Gasteiger partial charge in [-0.2, -0.15) is 0 Å². The molecule has 220 valence electrons. The molecule has 9 heteroatoms. The van der Waals surface area contributed by atoms with Crippen molar-refractivity contribution in [1.29, 1.82) is 0 Å². The van der Waals surface area contributed by atoms with E-state index in [9.17, 15) is 18.0 Å². The molecule has 0 radical (unpaired) electrons. The van der Waals surface area contributed by atoms with E-state index >= 15 is 0 Å². The van der Waals surface area contributed by atoms with E-state index in [1.54, 1.807) is 36.7 Å². The van der Waals surface area contributed by atoms with Crippen molar-refractivity contribution in [2.75, 3.05) is 45.5 Å². The Bertz CT molecular complexity index is 1520. The van der Waals surface area contributed by atoms with E-state index in [0.717, 1.165) is 51.0 Å². The van der Waals surface area contributed by atoms with Crippen molar-refractivity contribution in [1.82, 2.24) is 19.7 Å². The summed E-state index contributed by atoms with van der Waals surface area (Å²) in [6.07, 6.45) is 7.09. The van der Waals surface area contributed by atoms with Crippen molar-refractivity contribution >= 4 is 21.7 Å². The first-order valence-corrected chi connectivity index (χ1v) is 16.7. The number of likely N-dealkylation sites (tertiary alicyclic amines) is 3. The number of nitrogens with zero attached hydrogens (tertiary/aromatic N) is 4. The van der Waals surface area contributed by atoms with Crippen LogP contribution in [-0.4, -0.2) is 85.4 Å². The molecule has 2 unspecified atom stereocenters. The third kappa shape index (κ3) is 5.85. The molecular formula is C33H38N4O4S. The fourth-order valence-electron chi connectivity index (χ4n) is 7.04. The van der Waals surface area contributed by atoms with Crippen LogP contribution in [-0.2, 0) is 21.2 Å². The van der Waals surface area contributed by atoms with Gasteiger partial charge in [0, 0.05) is 62.9 Å². The molecule has 2 aromatic carbocycles. The summed E-state index contributed by atoms with van der Waals surface area (Å²) in [7, 11) is -3.24. The number of rotatable bonds is 7. The van der Waals surface area contributed by atoms with E-state index in [0.29, 0.717) is 36.0 Å². The molecule has 3 aromatic rings. The number of carbonyl (C=O) groups excluding carboxylic acids is 2. The first kappa shape index (κ1) is 28.6. The van der Waals surface area contributed by atoms with E-state index in [-0.39, 0.29) is 23.1 Å². The monoisotopic (exact) mass is 586 g/mol. The number of carbonyl (C=O) groups is 2. The summed E-state index contributed by atoms with van der Waals surface area (Å²) in [6, 6.07) is 20.9. The predicted molar refractivity (Wildman–Crippen MR) is 161 cm³/mol. The fourth-order valence-corrected chi connectivity index (χ4v) is 7.67. The van der Waals surface area contributed by atoms with Gasteiger partial charge in [-0.1, -0.05) is 42.5 Å². The second-order valence-corrected chi connectivity index (χ2v) is 14.2. The van der Waals surface area contributed by atoms with Gasteiger partial charge in [0.25, 0.3) is 5.91 Å². The van der Waals surface area contributed by atoms with Crippen molar-refractivity contribution < 1.29 is 18.0 Å². The van der Waals surface area contributed by atoms with Crippen LogP contribution in [0.4, 0.5) is 0 Å². The molecule has 3 fully saturated rings. The predicted octanol–water partition coefficient (Wildman–Crippen LogP) is 3.86. The highest BCUT2D eigenvalue weighted by molar-refractivity contribution is 7.90. The Hall–Kier alpha value is -3.56. The molecule has 3 saturated heterocycles. The molecule has 0 saturated carbocycles. The molecule has 6 rings (SSSR count). The van der Waals surface area contributed by atoms with Crippen LogP contribution in [0, 0.1) is 11.3 Å². The zero-order valence-corrected chi connectivity index (χ0v) is 24.9. The largest absolute Gasteiger partial charge is 0.338 e. The molecular weight excluding hydrogens is 548 g/mol. The van der Waals surface area contributed by atoms with E-state index in [4.69, 9.17) is 0 Å². The van der Waals surface area contributed by atoms with Crippen LogP contribution in [0.15, 0.2) is 84.0 Å². The summed E-state index contributed by atoms with van der Waals surface area (Å²) >= 11 is 0. The van der Waals surface area contributed by atoms with Crippen molar-refractivity contribution in [3.8, 4) is 0 Å². The average Bonchev–Trinajstić information content (AvgIpc) is 3.56. The van der Waals surface area contributed by atoms with Gasteiger partial charge in [-0.15, -0.1) is 0 Å². The fraction of sp³-hybridized carbons (Fsp3) is 0.424. The second-order valence-electron chi connectivity index (χ2n) is 12.2. The third-order valence-electron chi connectivity index (χ3n) is 9.52. The molecule has 1 aromatic heterocycles. The van der Waals surface area contributed by atoms with Gasteiger partial charge in [0.15, 0.2) is 9.84 Å². The topological polar surface area (TPSA) is 90.9 Å². The lowest BCUT2D eigenvalue weighted by Gasteiger charge is -2.39. The number of benzene rings is 2. The van der Waals surface area contributed by atoms with E-state index in [2.05, 4.69) is 34.1 Å². The van der Waals surface area contributed by atoms with Crippen LogP contribution >= 0.6 is 0 Å². The standard InChI is InChI=1S/C33H38N4O4S/c1-42(40,41)29-9-7-25(8-10-29)21-36-20-15-33(32(36)39)13-18-35(19-14-33)22-28-23-37(31(38)27-11-16-34-17-12-27)24-30(28)26-5-3-2-4-6-26/h2-12,16-17,28,30H,13-15,18-24H2,1H3. The van der Waals surface area contributed by atoms with E-state index in [1.807, 2.05) is 28.0 Å². The molecule has 0 bridgehead atoms. The van der Waals surface area contributed by atoms with Crippen LogP contribution in [0.2, 0.25) is 0 Å². The molecule has 8 nitrogen and oxygen atoms in total. The average molecular weight is 587 g/mol. The number of pyridine rings is 1. The van der Waals surface area contributed by atoms with Crippen LogP contribution in [0.25, 0.3) is 0 Å². The van der Waals surface area contributed by atoms with Crippen LogP contribution in [0.5, 0.6) is 0 Å². The van der Waals surface area contributed by atoms with Gasteiger partial charge in [0.1, 0.15) is 0 Å². The van der Waals surface area contributed by atoms with Crippen molar-refractivity contribution in [2.24, 2.45) is 11.3 Å². The Kier molecular flexibility index (Phi) is 7.89. The van der Waals surface area contributed by atoms with Gasteiger partial charge in [-0.3, -0.25) is 14.6 Å². The first-order chi connectivity index (χ1) is 20.2. The Morgan fingerprint density at radius 1 is 0.905 bits per heavy atom. The van der Waals surface area contributed by atoms with Gasteiger partial charge >= 0.3 is 0 Å². The van der Waals surface area contributed by atoms with E-state index < -0.39 is 9.84 Å². The maximum atomic E-state index is 13.6. The van der Waals surface area contributed by atoms with Gasteiger partial charge < -0.3 is 14.7 Å². The number of amides is 2.